The highest BCUT2D eigenvalue weighted by Gasteiger charge is 2.57. The topological polar surface area (TPSA) is 156 Å². The van der Waals surface area contributed by atoms with Gasteiger partial charge in [0.1, 0.15) is 17.7 Å². The number of hydrogen-bond acceptors (Lipinski definition) is 9. The van der Waals surface area contributed by atoms with Crippen molar-refractivity contribution < 1.29 is 38.2 Å². The molecule has 4 amide bonds. The molecule has 13 heteroatoms. The standard InChI is InChI=1S/C44H73N5O8/c1-15-27(6)38(48(12)42(53)37(26(4)5)47-41(52)36(45-11)25(2)3)34(55-13)24-35(50)49-32-22-30(32)23-33(49)39(56-14)28(7)40(51)46-31(43(54)57-44(8,9)10)21-29-19-17-16-18-20-29/h16-20,25-28,30-34,36-39,45H,15,21-24H2,1-14H3,(H,46,51)(H,47,52)/t27-,28+,30-,31-,32-,33-,34+,36-,37-,38-,39+/m0/s1. The molecule has 0 radical (unpaired) electrons. The number of hydrogen-bond donors (Lipinski definition) is 3. The summed E-state index contributed by atoms with van der Waals surface area (Å²) < 4.78 is 17.8. The second kappa shape index (κ2) is 20.9. The van der Waals surface area contributed by atoms with Crippen molar-refractivity contribution in [2.75, 3.05) is 28.3 Å². The molecule has 0 spiro atoms. The van der Waals surface area contributed by atoms with Crippen molar-refractivity contribution in [3.8, 4) is 0 Å². The number of rotatable bonds is 21. The molecule has 2 fully saturated rings. The zero-order chi connectivity index (χ0) is 42.9. The van der Waals surface area contributed by atoms with Gasteiger partial charge in [-0.3, -0.25) is 19.2 Å². The number of carbonyl (C=O) groups excluding carboxylic acids is 5. The number of nitrogens with zero attached hydrogens (tertiary/aromatic N) is 2. The third-order valence-corrected chi connectivity index (χ3v) is 11.9. The first-order valence-electron chi connectivity index (χ1n) is 20.9. The third-order valence-electron chi connectivity index (χ3n) is 11.9. The van der Waals surface area contributed by atoms with Crippen molar-refractivity contribution in [3.63, 3.8) is 0 Å². The Labute approximate surface area is 342 Å². The molecule has 1 saturated carbocycles. The monoisotopic (exact) mass is 800 g/mol. The number of benzene rings is 1. The Kier molecular flexibility index (Phi) is 17.6. The number of carbonyl (C=O) groups is 5. The van der Waals surface area contributed by atoms with Gasteiger partial charge in [0.05, 0.1) is 42.7 Å². The molecule has 57 heavy (non-hydrogen) atoms. The molecule has 1 aromatic rings. The highest BCUT2D eigenvalue weighted by molar-refractivity contribution is 5.90. The van der Waals surface area contributed by atoms with Crippen molar-refractivity contribution in [3.05, 3.63) is 35.9 Å². The van der Waals surface area contributed by atoms with Gasteiger partial charge in [-0.15, -0.1) is 0 Å². The van der Waals surface area contributed by atoms with Crippen molar-refractivity contribution in [1.29, 1.82) is 0 Å². The van der Waals surface area contributed by atoms with Gasteiger partial charge in [-0.1, -0.05) is 85.2 Å². The summed E-state index contributed by atoms with van der Waals surface area (Å²) in [5.74, 6) is -2.09. The average Bonchev–Trinajstić information content (AvgIpc) is 3.81. The highest BCUT2D eigenvalue weighted by atomic mass is 16.6. The molecule has 1 heterocycles. The maximum Gasteiger partial charge on any atom is 0.329 e. The number of methoxy groups -OCH3 is 2. The Bertz CT molecular complexity index is 1500. The SMILES string of the molecule is CC[C@H](C)[C@@H]([C@@H](CC(=O)N1[C@H]2C[C@H]2C[C@H]1[C@H](OC)[C@@H](C)C(=O)N[C@@H](Cc1ccccc1)C(=O)OC(C)(C)C)OC)N(C)C(=O)[C@@H](NC(=O)[C@@H](NC)C(C)C)C(C)C. The summed E-state index contributed by atoms with van der Waals surface area (Å²) in [6.45, 7) is 18.9. The molecule has 0 bridgehead atoms. The first-order valence-corrected chi connectivity index (χ1v) is 20.9. The maximum atomic E-state index is 14.5. The predicted molar refractivity (Wildman–Crippen MR) is 221 cm³/mol. The zero-order valence-corrected chi connectivity index (χ0v) is 37.1. The molecule has 1 aliphatic carbocycles. The molecule has 2 aliphatic rings. The Hall–Kier alpha value is -3.55. The van der Waals surface area contributed by atoms with Crippen LogP contribution in [0.15, 0.2) is 30.3 Å². The van der Waals surface area contributed by atoms with E-state index in [0.717, 1.165) is 18.4 Å². The lowest BCUT2D eigenvalue weighted by atomic mass is 9.89. The Balaban J connectivity index is 1.83. The number of amides is 4. The molecule has 1 saturated heterocycles. The first-order chi connectivity index (χ1) is 26.7. The smallest absolute Gasteiger partial charge is 0.329 e. The van der Waals surface area contributed by atoms with Crippen molar-refractivity contribution in [1.82, 2.24) is 25.8 Å². The van der Waals surface area contributed by atoms with Crippen LogP contribution in [0.25, 0.3) is 0 Å². The largest absolute Gasteiger partial charge is 0.458 e. The molecule has 11 atom stereocenters. The van der Waals surface area contributed by atoms with Gasteiger partial charge in [-0.25, -0.2) is 4.79 Å². The molecule has 322 valence electrons. The molecule has 3 rings (SSSR count). The van der Waals surface area contributed by atoms with Crippen LogP contribution in [0, 0.1) is 29.6 Å². The van der Waals surface area contributed by atoms with Crippen LogP contribution < -0.4 is 16.0 Å². The minimum Gasteiger partial charge on any atom is -0.458 e. The highest BCUT2D eigenvalue weighted by Crippen LogP contribution is 2.50. The lowest BCUT2D eigenvalue weighted by molar-refractivity contribution is -0.159. The van der Waals surface area contributed by atoms with Gasteiger partial charge in [-0.05, 0) is 69.9 Å². The second-order valence-electron chi connectivity index (χ2n) is 18.0. The van der Waals surface area contributed by atoms with Crippen LogP contribution in [0.3, 0.4) is 0 Å². The molecule has 0 aromatic heterocycles. The van der Waals surface area contributed by atoms with E-state index in [-0.39, 0.29) is 66.3 Å². The van der Waals surface area contributed by atoms with E-state index in [2.05, 4.69) is 16.0 Å². The quantitative estimate of drug-likeness (QED) is 0.154. The molecule has 1 aromatic carbocycles. The van der Waals surface area contributed by atoms with Gasteiger partial charge < -0.3 is 40.0 Å². The van der Waals surface area contributed by atoms with Crippen LogP contribution in [-0.4, -0.2) is 122 Å². The number of esters is 1. The van der Waals surface area contributed by atoms with Gasteiger partial charge in [-0.2, -0.15) is 0 Å². The second-order valence-corrected chi connectivity index (χ2v) is 18.0. The summed E-state index contributed by atoms with van der Waals surface area (Å²) >= 11 is 0. The predicted octanol–water partition coefficient (Wildman–Crippen LogP) is 4.36. The number of likely N-dealkylation sites (N-methyl/N-ethyl adjacent to an activating group) is 2. The molecular weight excluding hydrogens is 727 g/mol. The van der Waals surface area contributed by atoms with E-state index in [4.69, 9.17) is 14.2 Å². The lowest BCUT2D eigenvalue weighted by Gasteiger charge is -2.41. The van der Waals surface area contributed by atoms with Gasteiger partial charge >= 0.3 is 5.97 Å². The minimum absolute atomic E-state index is 0.0194. The summed E-state index contributed by atoms with van der Waals surface area (Å²) in [7, 11) is 6.58. The van der Waals surface area contributed by atoms with E-state index < -0.39 is 53.9 Å². The van der Waals surface area contributed by atoms with Crippen LogP contribution in [0.4, 0.5) is 0 Å². The summed E-state index contributed by atoms with van der Waals surface area (Å²) in [4.78, 5) is 72.9. The van der Waals surface area contributed by atoms with Crippen molar-refractivity contribution >= 4 is 29.6 Å². The van der Waals surface area contributed by atoms with E-state index >= 15 is 0 Å². The van der Waals surface area contributed by atoms with Crippen LogP contribution in [0.5, 0.6) is 0 Å². The number of likely N-dealkylation sites (tertiary alicyclic amines) is 1. The summed E-state index contributed by atoms with van der Waals surface area (Å²) in [5, 5.41) is 9.00. The molecule has 13 nitrogen and oxygen atoms in total. The average molecular weight is 800 g/mol. The fraction of sp³-hybridized carbons (Fsp3) is 0.750. The fourth-order valence-electron chi connectivity index (χ4n) is 8.47. The summed E-state index contributed by atoms with van der Waals surface area (Å²) in [6, 6.07) is 6.51. The van der Waals surface area contributed by atoms with Crippen LogP contribution in [-0.2, 0) is 44.6 Å². The third kappa shape index (κ3) is 12.5. The van der Waals surface area contributed by atoms with E-state index in [1.165, 1.54) is 0 Å². The van der Waals surface area contributed by atoms with Crippen LogP contribution >= 0.6 is 0 Å². The maximum absolute atomic E-state index is 14.5. The van der Waals surface area contributed by atoms with Crippen LogP contribution in [0.1, 0.15) is 100 Å². The van der Waals surface area contributed by atoms with E-state index in [1.54, 1.807) is 60.9 Å². The normalized spacial score (nSPS) is 22.0. The number of nitrogens with one attached hydrogen (secondary N) is 3. The molecule has 3 N–H and O–H groups in total. The van der Waals surface area contributed by atoms with E-state index in [0.29, 0.717) is 12.3 Å². The Morgan fingerprint density at radius 3 is 2.00 bits per heavy atom. The van der Waals surface area contributed by atoms with Crippen LogP contribution in [0.2, 0.25) is 0 Å². The van der Waals surface area contributed by atoms with Crippen molar-refractivity contribution in [2.45, 2.75) is 155 Å². The molecule has 0 unspecified atom stereocenters. The van der Waals surface area contributed by atoms with E-state index in [1.807, 2.05) is 76.8 Å². The molecule has 1 aliphatic heterocycles. The summed E-state index contributed by atoms with van der Waals surface area (Å²) in [6.07, 6.45) is 1.29. The Morgan fingerprint density at radius 2 is 1.49 bits per heavy atom. The van der Waals surface area contributed by atoms with Gasteiger partial charge in [0, 0.05) is 33.7 Å². The number of fused-ring (bicyclic) bond motifs is 1. The van der Waals surface area contributed by atoms with Crippen molar-refractivity contribution in [2.24, 2.45) is 29.6 Å². The molecular formula is C44H73N5O8. The number of ether oxygens (including phenoxy) is 3. The first kappa shape index (κ1) is 47.8. The summed E-state index contributed by atoms with van der Waals surface area (Å²) in [5.41, 5.74) is 0.139. The van der Waals surface area contributed by atoms with Gasteiger partial charge in [0.15, 0.2) is 0 Å². The lowest BCUT2D eigenvalue weighted by Crippen LogP contribution is -2.59. The Morgan fingerprint density at radius 1 is 0.877 bits per heavy atom. The van der Waals surface area contributed by atoms with Gasteiger partial charge in [0.2, 0.25) is 23.6 Å². The fourth-order valence-corrected chi connectivity index (χ4v) is 8.47. The number of piperidine rings is 1. The van der Waals surface area contributed by atoms with E-state index in [9.17, 15) is 24.0 Å². The van der Waals surface area contributed by atoms with Gasteiger partial charge in [0.25, 0.3) is 0 Å². The minimum atomic E-state index is -0.919. The zero-order valence-electron chi connectivity index (χ0n) is 37.1.